The average Bonchev–Trinajstić information content (AvgIpc) is 2.64. The van der Waals surface area contributed by atoms with Gasteiger partial charge in [-0.1, -0.05) is 59.3 Å². The molecule has 0 radical (unpaired) electrons. The van der Waals surface area contributed by atoms with Crippen LogP contribution in [0, 0.1) is 11.3 Å². The number of unbranched alkanes of at least 4 members (excludes halogenated alkanes) is 3. The highest BCUT2D eigenvalue weighted by Crippen LogP contribution is 2.52. The predicted octanol–water partition coefficient (Wildman–Crippen LogP) is 7.17. The minimum Gasteiger partial charge on any atom is -0.311 e. The summed E-state index contributed by atoms with van der Waals surface area (Å²) in [6.45, 7) is 10.8. The molecule has 2 saturated carbocycles. The second kappa shape index (κ2) is 12.6. The van der Waals surface area contributed by atoms with E-state index in [0.717, 1.165) is 18.0 Å². The summed E-state index contributed by atoms with van der Waals surface area (Å²) in [5.74, 6) is 0.925. The predicted molar refractivity (Wildman–Crippen MR) is 125 cm³/mol. The van der Waals surface area contributed by atoms with Crippen LogP contribution in [0.15, 0.2) is 0 Å². The van der Waals surface area contributed by atoms with Gasteiger partial charge in [0, 0.05) is 18.1 Å². The number of hydrogen-bond donors (Lipinski definition) is 1. The van der Waals surface area contributed by atoms with Crippen LogP contribution in [-0.2, 0) is 0 Å². The summed E-state index contributed by atoms with van der Waals surface area (Å²) in [4.78, 5) is 2.70. The van der Waals surface area contributed by atoms with Crippen LogP contribution < -0.4 is 5.32 Å². The second-order valence-electron chi connectivity index (χ2n) is 10.8. The Balaban J connectivity index is 1.54. The van der Waals surface area contributed by atoms with Crippen LogP contribution in [0.4, 0.5) is 0 Å². The third-order valence-corrected chi connectivity index (χ3v) is 8.00. The standard InChI is InChI=1S/C26H52N2/c1-6-8-9-10-13-22(3)14-11-19-28(5)25-15-17-26(18-16-25)20-24(21-26)27-23(4)12-7-2/h22-25,27H,6-21H2,1-5H3. The monoisotopic (exact) mass is 392 g/mol. The molecule has 2 aliphatic rings. The normalized spacial score (nSPS) is 29.8. The zero-order chi connectivity index (χ0) is 20.4. The SMILES string of the molecule is CCCCCCC(C)CCCN(C)C1CCC2(CC1)CC(NC(C)CCC)C2. The molecule has 28 heavy (non-hydrogen) atoms. The number of nitrogens with one attached hydrogen (secondary N) is 1. The quantitative estimate of drug-likeness (QED) is 0.315. The van der Waals surface area contributed by atoms with Crippen molar-refractivity contribution in [3.63, 3.8) is 0 Å². The Labute approximate surface area is 177 Å². The van der Waals surface area contributed by atoms with Crippen LogP contribution in [0.1, 0.15) is 124 Å². The van der Waals surface area contributed by atoms with Gasteiger partial charge in [0.1, 0.15) is 0 Å². The molecular weight excluding hydrogens is 340 g/mol. The lowest BCUT2D eigenvalue weighted by molar-refractivity contribution is 0.00680. The van der Waals surface area contributed by atoms with Crippen LogP contribution in [0.3, 0.4) is 0 Å². The van der Waals surface area contributed by atoms with Crippen LogP contribution in [0.25, 0.3) is 0 Å². The van der Waals surface area contributed by atoms with Gasteiger partial charge in [-0.05, 0) is 89.6 Å². The molecule has 2 nitrogen and oxygen atoms in total. The van der Waals surface area contributed by atoms with Crippen molar-refractivity contribution < 1.29 is 0 Å². The molecule has 1 N–H and O–H groups in total. The molecule has 0 aromatic heterocycles. The average molecular weight is 393 g/mol. The van der Waals surface area contributed by atoms with Crippen LogP contribution >= 0.6 is 0 Å². The van der Waals surface area contributed by atoms with Gasteiger partial charge in [0.15, 0.2) is 0 Å². The van der Waals surface area contributed by atoms with E-state index in [-0.39, 0.29) is 0 Å². The highest BCUT2D eigenvalue weighted by atomic mass is 15.1. The van der Waals surface area contributed by atoms with Gasteiger partial charge >= 0.3 is 0 Å². The van der Waals surface area contributed by atoms with Gasteiger partial charge in [-0.25, -0.2) is 0 Å². The minimum atomic E-state index is 0.712. The summed E-state index contributed by atoms with van der Waals surface area (Å²) in [5.41, 5.74) is 0.716. The molecule has 2 unspecified atom stereocenters. The van der Waals surface area contributed by atoms with E-state index in [0.29, 0.717) is 11.5 Å². The fourth-order valence-corrected chi connectivity index (χ4v) is 6.02. The molecule has 0 aliphatic heterocycles. The summed E-state index contributed by atoms with van der Waals surface area (Å²) in [5, 5.41) is 3.87. The summed E-state index contributed by atoms with van der Waals surface area (Å²) >= 11 is 0. The summed E-state index contributed by atoms with van der Waals surface area (Å²) in [7, 11) is 2.39. The van der Waals surface area contributed by atoms with Crippen LogP contribution in [0.5, 0.6) is 0 Å². The number of rotatable bonds is 14. The van der Waals surface area contributed by atoms with E-state index >= 15 is 0 Å². The molecule has 1 spiro atoms. The molecule has 0 amide bonds. The van der Waals surface area contributed by atoms with Gasteiger partial charge in [-0.15, -0.1) is 0 Å². The molecule has 2 atom stereocenters. The highest BCUT2D eigenvalue weighted by Gasteiger charge is 2.46. The van der Waals surface area contributed by atoms with Crippen molar-refractivity contribution in [1.29, 1.82) is 0 Å². The first-order valence-electron chi connectivity index (χ1n) is 12.9. The lowest BCUT2D eigenvalue weighted by Crippen LogP contribution is -2.53. The van der Waals surface area contributed by atoms with E-state index in [4.69, 9.17) is 0 Å². The van der Waals surface area contributed by atoms with Crippen molar-refractivity contribution in [1.82, 2.24) is 10.2 Å². The third-order valence-electron chi connectivity index (χ3n) is 8.00. The Morgan fingerprint density at radius 2 is 1.57 bits per heavy atom. The second-order valence-corrected chi connectivity index (χ2v) is 10.8. The molecule has 2 heteroatoms. The Bertz CT molecular complexity index is 391. The Kier molecular flexibility index (Phi) is 10.9. The van der Waals surface area contributed by atoms with Crippen molar-refractivity contribution in [3.05, 3.63) is 0 Å². The fourth-order valence-electron chi connectivity index (χ4n) is 6.02. The first-order valence-corrected chi connectivity index (χ1v) is 12.9. The molecule has 0 heterocycles. The lowest BCUT2D eigenvalue weighted by Gasteiger charge is -2.53. The smallest absolute Gasteiger partial charge is 0.00926 e. The zero-order valence-electron chi connectivity index (χ0n) is 20.1. The van der Waals surface area contributed by atoms with E-state index in [9.17, 15) is 0 Å². The molecule has 166 valence electrons. The maximum atomic E-state index is 3.87. The molecular formula is C26H52N2. The van der Waals surface area contributed by atoms with Crippen molar-refractivity contribution in [2.75, 3.05) is 13.6 Å². The summed E-state index contributed by atoms with van der Waals surface area (Å²) in [6.07, 6.45) is 21.3. The van der Waals surface area contributed by atoms with Gasteiger partial charge < -0.3 is 10.2 Å². The van der Waals surface area contributed by atoms with E-state index in [1.54, 1.807) is 0 Å². The van der Waals surface area contributed by atoms with Gasteiger partial charge in [0.05, 0.1) is 0 Å². The van der Waals surface area contributed by atoms with Crippen molar-refractivity contribution in [3.8, 4) is 0 Å². The largest absolute Gasteiger partial charge is 0.311 e. The van der Waals surface area contributed by atoms with Crippen molar-refractivity contribution >= 4 is 0 Å². The van der Waals surface area contributed by atoms with Crippen molar-refractivity contribution in [2.24, 2.45) is 11.3 Å². The van der Waals surface area contributed by atoms with Gasteiger partial charge in [0.2, 0.25) is 0 Å². The van der Waals surface area contributed by atoms with Gasteiger partial charge in [0.25, 0.3) is 0 Å². The lowest BCUT2D eigenvalue weighted by atomic mass is 9.57. The first kappa shape index (κ1) is 24.2. The van der Waals surface area contributed by atoms with Crippen LogP contribution in [0.2, 0.25) is 0 Å². The van der Waals surface area contributed by atoms with Crippen molar-refractivity contribution in [2.45, 2.75) is 142 Å². The Hall–Kier alpha value is -0.0800. The summed E-state index contributed by atoms with van der Waals surface area (Å²) < 4.78 is 0. The molecule has 2 aliphatic carbocycles. The van der Waals surface area contributed by atoms with Gasteiger partial charge in [-0.2, -0.15) is 0 Å². The Morgan fingerprint density at radius 1 is 0.893 bits per heavy atom. The molecule has 2 rings (SSSR count). The van der Waals surface area contributed by atoms with E-state index in [2.05, 4.69) is 45.0 Å². The molecule has 0 saturated heterocycles. The van der Waals surface area contributed by atoms with Gasteiger partial charge in [-0.3, -0.25) is 0 Å². The van der Waals surface area contributed by atoms with Crippen LogP contribution in [-0.4, -0.2) is 36.6 Å². The minimum absolute atomic E-state index is 0.712. The maximum absolute atomic E-state index is 3.87. The maximum Gasteiger partial charge on any atom is 0.00926 e. The topological polar surface area (TPSA) is 15.3 Å². The summed E-state index contributed by atoms with van der Waals surface area (Å²) in [6, 6.07) is 2.38. The van der Waals surface area contributed by atoms with E-state index < -0.39 is 0 Å². The van der Waals surface area contributed by atoms with E-state index in [1.165, 1.54) is 103 Å². The number of nitrogens with zero attached hydrogens (tertiary/aromatic N) is 1. The highest BCUT2D eigenvalue weighted by molar-refractivity contribution is 5.01. The molecule has 2 fully saturated rings. The Morgan fingerprint density at radius 3 is 2.21 bits per heavy atom. The number of hydrogen-bond acceptors (Lipinski definition) is 2. The molecule has 0 aromatic carbocycles. The zero-order valence-corrected chi connectivity index (χ0v) is 20.1. The van der Waals surface area contributed by atoms with E-state index in [1.807, 2.05) is 0 Å². The molecule has 0 aromatic rings. The fraction of sp³-hybridized carbons (Fsp3) is 1.00. The molecule has 0 bridgehead atoms. The third kappa shape index (κ3) is 7.98. The first-order chi connectivity index (χ1) is 13.5.